The van der Waals surface area contributed by atoms with Crippen LogP contribution in [0, 0.1) is 17.5 Å². The lowest BCUT2D eigenvalue weighted by Gasteiger charge is -2.06. The monoisotopic (exact) mass is 302 g/mol. The molecule has 0 saturated carbocycles. The topological polar surface area (TPSA) is 35.0 Å². The Morgan fingerprint density at radius 1 is 1.10 bits per heavy atom. The van der Waals surface area contributed by atoms with Gasteiger partial charge in [-0.05, 0) is 19.1 Å². The molecule has 0 saturated heterocycles. The van der Waals surface area contributed by atoms with E-state index >= 15 is 0 Å². The second kappa shape index (κ2) is 6.19. The Kier molecular flexibility index (Phi) is 4.57. The van der Waals surface area contributed by atoms with Crippen LogP contribution in [0.4, 0.5) is 13.2 Å². The molecule has 3 nitrogen and oxygen atoms in total. The third kappa shape index (κ3) is 3.26. The average Bonchev–Trinajstić information content (AvgIpc) is 2.41. The first-order valence-electron chi connectivity index (χ1n) is 5.77. The van der Waals surface area contributed by atoms with Crippen molar-refractivity contribution < 1.29 is 17.9 Å². The van der Waals surface area contributed by atoms with Gasteiger partial charge >= 0.3 is 0 Å². The van der Waals surface area contributed by atoms with Crippen LogP contribution < -0.4 is 0 Å². The quantitative estimate of drug-likeness (QED) is 0.637. The minimum atomic E-state index is -1.52. The molecule has 1 aromatic heterocycles. The molecule has 0 spiro atoms. The van der Waals surface area contributed by atoms with E-state index in [1.54, 1.807) is 6.92 Å². The maximum atomic E-state index is 13.2. The van der Waals surface area contributed by atoms with Crippen molar-refractivity contribution in [1.82, 2.24) is 9.97 Å². The molecule has 106 valence electrons. The largest absolute Gasteiger partial charge is 0.374 e. The highest BCUT2D eigenvalue weighted by atomic mass is 35.5. The van der Waals surface area contributed by atoms with Gasteiger partial charge in [-0.3, -0.25) is 0 Å². The molecule has 0 fully saturated rings. The summed E-state index contributed by atoms with van der Waals surface area (Å²) in [5.74, 6) is -3.83. The van der Waals surface area contributed by atoms with Crippen molar-refractivity contribution in [1.29, 1.82) is 0 Å². The normalized spacial score (nSPS) is 10.8. The summed E-state index contributed by atoms with van der Waals surface area (Å²) >= 11 is 5.82. The van der Waals surface area contributed by atoms with E-state index < -0.39 is 17.5 Å². The Morgan fingerprint density at radius 3 is 2.35 bits per heavy atom. The summed E-state index contributed by atoms with van der Waals surface area (Å²) in [6, 6.07) is 3.03. The maximum absolute atomic E-state index is 13.2. The zero-order valence-electron chi connectivity index (χ0n) is 10.5. The van der Waals surface area contributed by atoms with Gasteiger partial charge in [0.25, 0.3) is 0 Å². The van der Waals surface area contributed by atoms with Crippen molar-refractivity contribution in [3.8, 4) is 11.3 Å². The molecular weight excluding hydrogens is 293 g/mol. The van der Waals surface area contributed by atoms with Crippen LogP contribution in [0.3, 0.4) is 0 Å². The van der Waals surface area contributed by atoms with Gasteiger partial charge in [-0.15, -0.1) is 0 Å². The zero-order chi connectivity index (χ0) is 14.7. The zero-order valence-corrected chi connectivity index (χ0v) is 11.2. The maximum Gasteiger partial charge on any atom is 0.194 e. The summed E-state index contributed by atoms with van der Waals surface area (Å²) in [5.41, 5.74) is 0.265. The molecule has 0 aliphatic rings. The number of nitrogens with zero attached hydrogens (tertiary/aromatic N) is 2. The summed E-state index contributed by atoms with van der Waals surface area (Å²) in [5, 5.41) is 0.106. The predicted molar refractivity (Wildman–Crippen MR) is 67.7 cm³/mol. The van der Waals surface area contributed by atoms with Crippen LogP contribution in [0.25, 0.3) is 11.3 Å². The Hall–Kier alpha value is -1.66. The number of benzene rings is 1. The minimum Gasteiger partial charge on any atom is -0.374 e. The van der Waals surface area contributed by atoms with E-state index in [9.17, 15) is 13.2 Å². The fourth-order valence-electron chi connectivity index (χ4n) is 1.57. The highest BCUT2D eigenvalue weighted by Crippen LogP contribution is 2.24. The van der Waals surface area contributed by atoms with Gasteiger partial charge in [-0.2, -0.15) is 0 Å². The summed E-state index contributed by atoms with van der Waals surface area (Å²) < 4.78 is 44.5. The Bertz CT molecular complexity index is 614. The second-order valence-corrected chi connectivity index (χ2v) is 4.27. The van der Waals surface area contributed by atoms with Crippen LogP contribution in [-0.4, -0.2) is 16.6 Å². The molecule has 7 heteroatoms. The molecule has 0 atom stereocenters. The average molecular weight is 303 g/mol. The first-order chi connectivity index (χ1) is 9.51. The lowest BCUT2D eigenvalue weighted by molar-refractivity contribution is 0.128. The number of rotatable bonds is 4. The molecule has 2 rings (SSSR count). The van der Waals surface area contributed by atoms with Gasteiger partial charge in [0.05, 0.1) is 5.69 Å². The minimum absolute atomic E-state index is 0.0726. The fraction of sp³-hybridized carbons (Fsp3) is 0.231. The molecule has 0 unspecified atom stereocenters. The van der Waals surface area contributed by atoms with Crippen LogP contribution in [0.1, 0.15) is 12.7 Å². The Morgan fingerprint density at radius 2 is 1.75 bits per heavy atom. The molecule has 0 aliphatic heterocycles. The standard InChI is InChI=1S/C13H10ClF3N2O/c1-2-20-6-12-18-10(5-11(14)19-12)7-3-8(15)13(17)9(16)4-7/h3-5H,2,6H2,1H3. The fourth-order valence-corrected chi connectivity index (χ4v) is 1.77. The van der Waals surface area contributed by atoms with Crippen molar-refractivity contribution in [2.24, 2.45) is 0 Å². The van der Waals surface area contributed by atoms with E-state index in [4.69, 9.17) is 16.3 Å². The summed E-state index contributed by atoms with van der Waals surface area (Å²) in [6.07, 6.45) is 0. The molecule has 20 heavy (non-hydrogen) atoms. The van der Waals surface area contributed by atoms with E-state index in [2.05, 4.69) is 9.97 Å². The van der Waals surface area contributed by atoms with Gasteiger partial charge in [0, 0.05) is 18.2 Å². The van der Waals surface area contributed by atoms with Gasteiger partial charge < -0.3 is 4.74 Å². The van der Waals surface area contributed by atoms with Gasteiger partial charge in [-0.1, -0.05) is 11.6 Å². The Balaban J connectivity index is 2.44. The molecule has 0 aliphatic carbocycles. The smallest absolute Gasteiger partial charge is 0.194 e. The molecule has 0 N–H and O–H groups in total. The molecule has 1 aromatic carbocycles. The van der Waals surface area contributed by atoms with Crippen molar-refractivity contribution in [2.45, 2.75) is 13.5 Å². The van der Waals surface area contributed by atoms with Gasteiger partial charge in [0.15, 0.2) is 23.3 Å². The number of aromatic nitrogens is 2. The van der Waals surface area contributed by atoms with Crippen LogP contribution >= 0.6 is 11.6 Å². The first-order valence-corrected chi connectivity index (χ1v) is 6.15. The molecular formula is C13H10ClF3N2O. The highest BCUT2D eigenvalue weighted by Gasteiger charge is 2.13. The van der Waals surface area contributed by atoms with Crippen molar-refractivity contribution in [3.63, 3.8) is 0 Å². The first kappa shape index (κ1) is 14.7. The van der Waals surface area contributed by atoms with Gasteiger partial charge in [0.1, 0.15) is 11.8 Å². The van der Waals surface area contributed by atoms with E-state index in [0.29, 0.717) is 6.61 Å². The lowest BCUT2D eigenvalue weighted by Crippen LogP contribution is -2.01. The number of hydrogen-bond donors (Lipinski definition) is 0. The van der Waals surface area contributed by atoms with E-state index in [0.717, 1.165) is 12.1 Å². The third-order valence-corrected chi connectivity index (χ3v) is 2.65. The molecule has 0 bridgehead atoms. The number of ether oxygens (including phenoxy) is 1. The second-order valence-electron chi connectivity index (χ2n) is 3.88. The summed E-state index contributed by atoms with van der Waals surface area (Å²) in [7, 11) is 0. The van der Waals surface area contributed by atoms with Crippen LogP contribution in [0.5, 0.6) is 0 Å². The highest BCUT2D eigenvalue weighted by molar-refractivity contribution is 6.29. The van der Waals surface area contributed by atoms with Crippen LogP contribution in [-0.2, 0) is 11.3 Å². The van der Waals surface area contributed by atoms with Crippen molar-refractivity contribution in [3.05, 3.63) is 46.6 Å². The SMILES string of the molecule is CCOCc1nc(Cl)cc(-c2cc(F)c(F)c(F)c2)n1. The molecule has 0 amide bonds. The lowest BCUT2D eigenvalue weighted by atomic mass is 10.1. The van der Waals surface area contributed by atoms with Crippen molar-refractivity contribution >= 4 is 11.6 Å². The summed E-state index contributed by atoms with van der Waals surface area (Å²) in [6.45, 7) is 2.39. The van der Waals surface area contributed by atoms with Crippen LogP contribution in [0.2, 0.25) is 5.15 Å². The van der Waals surface area contributed by atoms with Gasteiger partial charge in [0.2, 0.25) is 0 Å². The molecule has 0 radical (unpaired) electrons. The predicted octanol–water partition coefficient (Wildman–Crippen LogP) is 3.75. The van der Waals surface area contributed by atoms with Gasteiger partial charge in [-0.25, -0.2) is 23.1 Å². The third-order valence-electron chi connectivity index (χ3n) is 2.46. The molecule has 2 aromatic rings. The Labute approximate surface area is 118 Å². The summed E-state index contributed by atoms with van der Waals surface area (Å²) in [4.78, 5) is 8.00. The number of halogens is 4. The van der Waals surface area contributed by atoms with E-state index in [-0.39, 0.29) is 28.8 Å². The number of hydrogen-bond acceptors (Lipinski definition) is 3. The van der Waals surface area contributed by atoms with Crippen molar-refractivity contribution in [2.75, 3.05) is 6.61 Å². The molecule has 1 heterocycles. The van der Waals surface area contributed by atoms with E-state index in [1.807, 2.05) is 0 Å². The van der Waals surface area contributed by atoms with E-state index in [1.165, 1.54) is 6.07 Å². The van der Waals surface area contributed by atoms with Crippen LogP contribution in [0.15, 0.2) is 18.2 Å².